The number of guanidine groups is 1. The van der Waals surface area contributed by atoms with Crippen LogP contribution in [0.2, 0.25) is 0 Å². The lowest BCUT2D eigenvalue weighted by atomic mass is 9.88. The van der Waals surface area contributed by atoms with Crippen molar-refractivity contribution in [2.45, 2.75) is 31.7 Å². The maximum absolute atomic E-state index is 13.9. The Morgan fingerprint density at radius 2 is 1.74 bits per heavy atom. The summed E-state index contributed by atoms with van der Waals surface area (Å²) >= 11 is 0. The van der Waals surface area contributed by atoms with E-state index in [4.69, 9.17) is 11.1 Å². The predicted octanol–water partition coefficient (Wildman–Crippen LogP) is 1.72. The molecule has 1 unspecified atom stereocenters. The van der Waals surface area contributed by atoms with Gasteiger partial charge in [-0.05, 0) is 73.7 Å². The van der Waals surface area contributed by atoms with E-state index in [1.165, 1.54) is 24.3 Å². The topological polar surface area (TPSA) is 163 Å². The highest BCUT2D eigenvalue weighted by atomic mass is 16.4. The van der Waals surface area contributed by atoms with E-state index in [0.717, 1.165) is 30.6 Å². The number of likely N-dealkylation sites (N-methyl/N-ethyl adjacent to an activating group) is 1. The van der Waals surface area contributed by atoms with Crippen LogP contribution in [0.25, 0.3) is 0 Å². The van der Waals surface area contributed by atoms with Gasteiger partial charge in [-0.15, -0.1) is 0 Å². The van der Waals surface area contributed by atoms with E-state index in [0.29, 0.717) is 50.4 Å². The lowest BCUT2D eigenvalue weighted by Gasteiger charge is -2.40. The number of carboxylic acid groups (broad SMARTS) is 1. The molecule has 12 heteroatoms. The molecule has 5 rings (SSSR count). The second kappa shape index (κ2) is 12.2. The average molecular weight is 576 g/mol. The highest BCUT2D eigenvalue weighted by Crippen LogP contribution is 2.38. The van der Waals surface area contributed by atoms with E-state index in [-0.39, 0.29) is 35.7 Å². The van der Waals surface area contributed by atoms with Gasteiger partial charge >= 0.3 is 5.97 Å². The molecular formula is C30H37N7O5. The Kier molecular flexibility index (Phi) is 8.44. The first-order valence-corrected chi connectivity index (χ1v) is 14.3. The quantitative estimate of drug-likeness (QED) is 0.299. The second-order valence-electron chi connectivity index (χ2n) is 11.3. The van der Waals surface area contributed by atoms with Gasteiger partial charge in [0.05, 0.1) is 12.1 Å². The largest absolute Gasteiger partial charge is 0.478 e. The molecule has 0 aliphatic carbocycles. The van der Waals surface area contributed by atoms with Crippen molar-refractivity contribution < 1.29 is 24.3 Å². The maximum atomic E-state index is 13.9. The molecule has 3 amide bonds. The van der Waals surface area contributed by atoms with E-state index in [2.05, 4.69) is 5.32 Å². The monoisotopic (exact) mass is 575 g/mol. The molecule has 12 nitrogen and oxygen atoms in total. The average Bonchev–Trinajstić information content (AvgIpc) is 2.97. The van der Waals surface area contributed by atoms with E-state index >= 15 is 0 Å². The molecule has 0 bridgehead atoms. The van der Waals surface area contributed by atoms with Crippen LogP contribution in [0.5, 0.6) is 0 Å². The molecule has 0 saturated carbocycles. The van der Waals surface area contributed by atoms with Crippen LogP contribution >= 0.6 is 0 Å². The van der Waals surface area contributed by atoms with E-state index in [1.807, 2.05) is 30.1 Å². The van der Waals surface area contributed by atoms with Crippen LogP contribution in [0.4, 0.5) is 11.4 Å². The standard InChI is InChI=1S/C30H37N7O5/c1-34-15-16-36(26(39)18-34)24-4-2-3-23-22(24)11-14-37(25(38)17-19-9-12-35(13-10-19)30(31)32)27(23)28(40)33-21-7-5-20(6-8-21)29(41)42/h2-8,19,27H,9-18H2,1H3,(H3,31,32)(H,33,40)(H,41,42). The first kappa shape index (κ1) is 29.1. The second-order valence-corrected chi connectivity index (χ2v) is 11.3. The molecule has 3 aliphatic heterocycles. The minimum atomic E-state index is -1.06. The number of hydrogen-bond acceptors (Lipinski definition) is 6. The fourth-order valence-electron chi connectivity index (χ4n) is 6.15. The van der Waals surface area contributed by atoms with E-state index in [1.54, 1.807) is 14.7 Å². The first-order valence-electron chi connectivity index (χ1n) is 14.3. The zero-order valence-corrected chi connectivity index (χ0v) is 23.7. The summed E-state index contributed by atoms with van der Waals surface area (Å²) in [4.78, 5) is 59.1. The normalized spacial score (nSPS) is 19.8. The van der Waals surface area contributed by atoms with Crippen LogP contribution in [-0.2, 0) is 20.8 Å². The molecule has 222 valence electrons. The fraction of sp³-hybridized carbons (Fsp3) is 0.433. The number of amides is 3. The number of rotatable bonds is 6. The predicted molar refractivity (Wildman–Crippen MR) is 157 cm³/mol. The zero-order valence-electron chi connectivity index (χ0n) is 23.7. The summed E-state index contributed by atoms with van der Waals surface area (Å²) in [7, 11) is 1.91. The Morgan fingerprint density at radius 1 is 1.02 bits per heavy atom. The van der Waals surface area contributed by atoms with Crippen molar-refractivity contribution in [2.24, 2.45) is 11.7 Å². The zero-order chi connectivity index (χ0) is 30.0. The third-order valence-corrected chi connectivity index (χ3v) is 8.49. The number of piperazine rings is 1. The number of nitrogens with one attached hydrogen (secondary N) is 2. The minimum absolute atomic E-state index is 0.00733. The van der Waals surface area contributed by atoms with Crippen LogP contribution in [-0.4, -0.2) is 95.8 Å². The molecule has 0 spiro atoms. The van der Waals surface area contributed by atoms with Gasteiger partial charge < -0.3 is 30.9 Å². The van der Waals surface area contributed by atoms with Gasteiger partial charge in [-0.1, -0.05) is 12.1 Å². The summed E-state index contributed by atoms with van der Waals surface area (Å²) in [5, 5.41) is 19.8. The summed E-state index contributed by atoms with van der Waals surface area (Å²) in [6.07, 6.45) is 2.27. The van der Waals surface area contributed by atoms with Gasteiger partial charge in [0, 0.05) is 50.5 Å². The summed E-state index contributed by atoms with van der Waals surface area (Å²) in [5.74, 6) is -1.44. The van der Waals surface area contributed by atoms with Crippen molar-refractivity contribution in [1.29, 1.82) is 5.41 Å². The van der Waals surface area contributed by atoms with Crippen LogP contribution in [0.1, 0.15) is 46.8 Å². The molecule has 2 aromatic carbocycles. The summed E-state index contributed by atoms with van der Waals surface area (Å²) in [6.45, 7) is 3.16. The minimum Gasteiger partial charge on any atom is -0.478 e. The lowest BCUT2D eigenvalue weighted by Crippen LogP contribution is -2.50. The number of anilines is 2. The number of nitrogens with zero attached hydrogens (tertiary/aromatic N) is 4. The summed E-state index contributed by atoms with van der Waals surface area (Å²) in [5.41, 5.74) is 8.50. The number of piperidine rings is 1. The molecule has 0 radical (unpaired) electrons. The van der Waals surface area contributed by atoms with Gasteiger partial charge in [0.15, 0.2) is 5.96 Å². The van der Waals surface area contributed by atoms with E-state index < -0.39 is 17.9 Å². The van der Waals surface area contributed by atoms with Crippen molar-refractivity contribution in [3.63, 3.8) is 0 Å². The van der Waals surface area contributed by atoms with Gasteiger partial charge in [0.1, 0.15) is 6.04 Å². The Hall–Kier alpha value is -4.45. The first-order chi connectivity index (χ1) is 20.1. The van der Waals surface area contributed by atoms with E-state index in [9.17, 15) is 24.3 Å². The highest BCUT2D eigenvalue weighted by molar-refractivity contribution is 6.00. The number of carboxylic acids is 1. The van der Waals surface area contributed by atoms with Crippen LogP contribution < -0.4 is 16.0 Å². The molecule has 2 saturated heterocycles. The van der Waals surface area contributed by atoms with Gasteiger partial charge in [-0.3, -0.25) is 24.7 Å². The van der Waals surface area contributed by atoms with Crippen molar-refractivity contribution in [3.8, 4) is 0 Å². The number of aromatic carboxylic acids is 1. The fourth-order valence-corrected chi connectivity index (χ4v) is 6.15. The summed E-state index contributed by atoms with van der Waals surface area (Å²) < 4.78 is 0. The smallest absolute Gasteiger partial charge is 0.335 e. The molecular weight excluding hydrogens is 538 g/mol. The Balaban J connectivity index is 1.43. The third-order valence-electron chi connectivity index (χ3n) is 8.49. The lowest BCUT2D eigenvalue weighted by molar-refractivity contribution is -0.140. The number of carbonyl (C=O) groups excluding carboxylic acids is 3. The van der Waals surface area contributed by atoms with Gasteiger partial charge in [-0.25, -0.2) is 4.79 Å². The van der Waals surface area contributed by atoms with Crippen LogP contribution in [0, 0.1) is 11.3 Å². The van der Waals surface area contributed by atoms with Gasteiger partial charge in [0.2, 0.25) is 11.8 Å². The molecule has 1 atom stereocenters. The number of likely N-dealkylation sites (tertiary alicyclic amines) is 1. The number of benzene rings is 2. The Morgan fingerprint density at radius 3 is 2.38 bits per heavy atom. The van der Waals surface area contributed by atoms with Crippen molar-refractivity contribution in [3.05, 3.63) is 59.2 Å². The Labute approximate surface area is 244 Å². The number of fused-ring (bicyclic) bond motifs is 1. The molecule has 0 aromatic heterocycles. The molecule has 2 aromatic rings. The van der Waals surface area contributed by atoms with Gasteiger partial charge in [-0.2, -0.15) is 0 Å². The van der Waals surface area contributed by atoms with Crippen LogP contribution in [0.3, 0.4) is 0 Å². The highest BCUT2D eigenvalue weighted by Gasteiger charge is 2.39. The molecule has 42 heavy (non-hydrogen) atoms. The van der Waals surface area contributed by atoms with Crippen molar-refractivity contribution in [2.75, 3.05) is 56.5 Å². The third kappa shape index (κ3) is 6.08. The molecule has 3 aliphatic rings. The van der Waals surface area contributed by atoms with Crippen molar-refractivity contribution in [1.82, 2.24) is 14.7 Å². The van der Waals surface area contributed by atoms with Gasteiger partial charge in [0.25, 0.3) is 5.91 Å². The maximum Gasteiger partial charge on any atom is 0.335 e. The SMILES string of the molecule is CN1CCN(c2cccc3c2CCN(C(=O)CC2CCN(C(=N)N)CC2)C3C(=O)Nc2ccc(C(=O)O)cc2)C(=O)C1. The molecule has 5 N–H and O–H groups in total. The Bertz CT molecular complexity index is 1390. The molecule has 3 heterocycles. The summed E-state index contributed by atoms with van der Waals surface area (Å²) in [6, 6.07) is 10.6. The number of carbonyl (C=O) groups is 4. The molecule has 2 fully saturated rings. The number of hydrogen-bond donors (Lipinski definition) is 4. The van der Waals surface area contributed by atoms with Crippen molar-refractivity contribution >= 4 is 41.0 Å². The number of nitrogens with two attached hydrogens (primary N) is 1. The van der Waals surface area contributed by atoms with Crippen LogP contribution in [0.15, 0.2) is 42.5 Å².